The lowest BCUT2D eigenvalue weighted by Crippen LogP contribution is -2.05. The number of allylic oxidation sites excluding steroid dienone is 2. The molecule has 58 valence electrons. The summed E-state index contributed by atoms with van der Waals surface area (Å²) < 4.78 is 21.4. The van der Waals surface area contributed by atoms with Crippen molar-refractivity contribution in [3.63, 3.8) is 0 Å². The predicted molar refractivity (Wildman–Crippen MR) is 40.2 cm³/mol. The van der Waals surface area contributed by atoms with Crippen molar-refractivity contribution in [3.05, 3.63) is 24.1 Å². The van der Waals surface area contributed by atoms with Gasteiger partial charge in [0.05, 0.1) is 12.4 Å². The first kappa shape index (κ1) is 9.39. The lowest BCUT2D eigenvalue weighted by Gasteiger charge is -1.90. The average molecular weight is 162 g/mol. The summed E-state index contributed by atoms with van der Waals surface area (Å²) in [5.74, 6) is -0.225. The normalized spacial score (nSPS) is 12.1. The SMILES string of the molecule is C=C/C=C\S(=O)(=O)CCO. The number of aliphatic hydroxyl groups is 1. The maximum absolute atomic E-state index is 10.7. The summed E-state index contributed by atoms with van der Waals surface area (Å²) >= 11 is 0. The van der Waals surface area contributed by atoms with Gasteiger partial charge in [-0.05, 0) is 0 Å². The van der Waals surface area contributed by atoms with Crippen LogP contribution in [0.15, 0.2) is 24.1 Å². The topological polar surface area (TPSA) is 54.4 Å². The molecule has 0 radical (unpaired) electrons. The van der Waals surface area contributed by atoms with Gasteiger partial charge < -0.3 is 5.11 Å². The quantitative estimate of drug-likeness (QED) is 0.596. The van der Waals surface area contributed by atoms with Gasteiger partial charge in [0.1, 0.15) is 0 Å². The third kappa shape index (κ3) is 4.29. The molecule has 0 spiro atoms. The maximum atomic E-state index is 10.7. The minimum Gasteiger partial charge on any atom is -0.395 e. The van der Waals surface area contributed by atoms with Crippen molar-refractivity contribution in [2.45, 2.75) is 0 Å². The van der Waals surface area contributed by atoms with Crippen molar-refractivity contribution >= 4 is 9.84 Å². The van der Waals surface area contributed by atoms with Crippen LogP contribution in [-0.2, 0) is 9.84 Å². The number of hydrogen-bond donors (Lipinski definition) is 1. The van der Waals surface area contributed by atoms with Crippen LogP contribution in [0.2, 0.25) is 0 Å². The molecule has 0 aromatic rings. The minimum atomic E-state index is -3.20. The van der Waals surface area contributed by atoms with Gasteiger partial charge in [-0.15, -0.1) is 0 Å². The molecule has 1 N–H and O–H groups in total. The van der Waals surface area contributed by atoms with Crippen molar-refractivity contribution < 1.29 is 13.5 Å². The highest BCUT2D eigenvalue weighted by atomic mass is 32.2. The van der Waals surface area contributed by atoms with E-state index in [9.17, 15) is 8.42 Å². The largest absolute Gasteiger partial charge is 0.395 e. The Bertz CT molecular complexity index is 213. The van der Waals surface area contributed by atoms with Crippen LogP contribution in [0.25, 0.3) is 0 Å². The van der Waals surface area contributed by atoms with Crippen LogP contribution in [0.1, 0.15) is 0 Å². The summed E-state index contributed by atoms with van der Waals surface area (Å²) in [7, 11) is -3.20. The summed E-state index contributed by atoms with van der Waals surface area (Å²) in [5, 5.41) is 9.29. The minimum absolute atomic E-state index is 0.225. The third-order valence-electron chi connectivity index (χ3n) is 0.798. The first-order valence-electron chi connectivity index (χ1n) is 2.75. The molecule has 10 heavy (non-hydrogen) atoms. The van der Waals surface area contributed by atoms with Gasteiger partial charge in [0.2, 0.25) is 0 Å². The number of sulfone groups is 1. The van der Waals surface area contributed by atoms with Gasteiger partial charge in [-0.25, -0.2) is 8.42 Å². The Morgan fingerprint density at radius 1 is 1.50 bits per heavy atom. The van der Waals surface area contributed by atoms with Crippen molar-refractivity contribution in [1.29, 1.82) is 0 Å². The molecule has 0 aliphatic carbocycles. The highest BCUT2D eigenvalue weighted by Gasteiger charge is 2.01. The summed E-state index contributed by atoms with van der Waals surface area (Å²) in [6, 6.07) is 0. The van der Waals surface area contributed by atoms with E-state index in [1.807, 2.05) is 0 Å². The molecule has 0 rings (SSSR count). The number of hydrogen-bond acceptors (Lipinski definition) is 3. The van der Waals surface area contributed by atoms with E-state index in [0.29, 0.717) is 0 Å². The van der Waals surface area contributed by atoms with Crippen LogP contribution < -0.4 is 0 Å². The molecule has 0 saturated carbocycles. The lowest BCUT2D eigenvalue weighted by molar-refractivity contribution is 0.320. The van der Waals surface area contributed by atoms with Crippen LogP contribution in [-0.4, -0.2) is 25.9 Å². The average Bonchev–Trinajstić information content (AvgIpc) is 1.84. The second-order valence-electron chi connectivity index (χ2n) is 1.65. The second kappa shape index (κ2) is 4.24. The molecule has 0 saturated heterocycles. The fraction of sp³-hybridized carbons (Fsp3) is 0.333. The fourth-order valence-corrected chi connectivity index (χ4v) is 1.11. The van der Waals surface area contributed by atoms with E-state index in [-0.39, 0.29) is 12.4 Å². The van der Waals surface area contributed by atoms with E-state index in [2.05, 4.69) is 6.58 Å². The molecule has 0 aliphatic heterocycles. The fourth-order valence-electron chi connectivity index (χ4n) is 0.371. The molecule has 4 heteroatoms. The zero-order valence-corrected chi connectivity index (χ0v) is 6.34. The van der Waals surface area contributed by atoms with E-state index in [1.54, 1.807) is 0 Å². The Hall–Kier alpha value is -0.610. The van der Waals surface area contributed by atoms with Gasteiger partial charge in [-0.2, -0.15) is 0 Å². The smallest absolute Gasteiger partial charge is 0.173 e. The molecule has 0 aromatic heterocycles. The Balaban J connectivity index is 4.14. The van der Waals surface area contributed by atoms with Crippen LogP contribution in [0.3, 0.4) is 0 Å². The van der Waals surface area contributed by atoms with Crippen molar-refractivity contribution in [2.75, 3.05) is 12.4 Å². The van der Waals surface area contributed by atoms with Crippen LogP contribution in [0, 0.1) is 0 Å². The molecular weight excluding hydrogens is 152 g/mol. The highest BCUT2D eigenvalue weighted by molar-refractivity contribution is 7.94. The zero-order valence-electron chi connectivity index (χ0n) is 5.53. The molecule has 0 aromatic carbocycles. The Morgan fingerprint density at radius 2 is 2.10 bits per heavy atom. The number of rotatable bonds is 4. The zero-order chi connectivity index (χ0) is 8.04. The van der Waals surface area contributed by atoms with Gasteiger partial charge in [-0.3, -0.25) is 0 Å². The molecule has 0 aliphatic rings. The van der Waals surface area contributed by atoms with E-state index < -0.39 is 9.84 Å². The Labute approximate surface area is 60.6 Å². The third-order valence-corrected chi connectivity index (χ3v) is 2.12. The predicted octanol–water partition coefficient (Wildman–Crippen LogP) is 0.0932. The molecule has 3 nitrogen and oxygen atoms in total. The first-order valence-corrected chi connectivity index (χ1v) is 4.46. The van der Waals surface area contributed by atoms with Crippen molar-refractivity contribution in [1.82, 2.24) is 0 Å². The van der Waals surface area contributed by atoms with E-state index in [1.165, 1.54) is 12.2 Å². The van der Waals surface area contributed by atoms with Crippen molar-refractivity contribution in [3.8, 4) is 0 Å². The van der Waals surface area contributed by atoms with E-state index in [0.717, 1.165) is 5.41 Å². The van der Waals surface area contributed by atoms with Gasteiger partial charge in [-0.1, -0.05) is 18.7 Å². The molecule has 0 fully saturated rings. The van der Waals surface area contributed by atoms with E-state index in [4.69, 9.17) is 5.11 Å². The molecular formula is C6H10O3S. The van der Waals surface area contributed by atoms with Gasteiger partial charge in [0.15, 0.2) is 9.84 Å². The van der Waals surface area contributed by atoms with Gasteiger partial charge in [0, 0.05) is 5.41 Å². The number of aliphatic hydroxyl groups excluding tert-OH is 1. The van der Waals surface area contributed by atoms with Crippen molar-refractivity contribution in [2.24, 2.45) is 0 Å². The standard InChI is InChI=1S/C6H10O3S/c1-2-3-5-10(8,9)6-4-7/h2-3,5,7H,1,4,6H2/b5-3-. The first-order chi connectivity index (χ1) is 4.62. The van der Waals surface area contributed by atoms with E-state index >= 15 is 0 Å². The molecule has 0 atom stereocenters. The Kier molecular flexibility index (Phi) is 3.99. The molecule has 0 bridgehead atoms. The monoisotopic (exact) mass is 162 g/mol. The molecule has 0 heterocycles. The van der Waals surface area contributed by atoms with Gasteiger partial charge >= 0.3 is 0 Å². The summed E-state index contributed by atoms with van der Waals surface area (Å²) in [6.45, 7) is 2.97. The molecule has 0 unspecified atom stereocenters. The maximum Gasteiger partial charge on any atom is 0.173 e. The molecule has 0 amide bonds. The highest BCUT2D eigenvalue weighted by Crippen LogP contribution is 1.90. The summed E-state index contributed by atoms with van der Waals surface area (Å²) in [6.07, 6.45) is 2.69. The van der Waals surface area contributed by atoms with Crippen LogP contribution >= 0.6 is 0 Å². The second-order valence-corrected chi connectivity index (χ2v) is 3.66. The van der Waals surface area contributed by atoms with Gasteiger partial charge in [0.25, 0.3) is 0 Å². The summed E-state index contributed by atoms with van der Waals surface area (Å²) in [5.41, 5.74) is 0. The lowest BCUT2D eigenvalue weighted by atomic mass is 10.6. The van der Waals surface area contributed by atoms with Crippen LogP contribution in [0.4, 0.5) is 0 Å². The summed E-state index contributed by atoms with van der Waals surface area (Å²) in [4.78, 5) is 0. The van der Waals surface area contributed by atoms with Crippen LogP contribution in [0.5, 0.6) is 0 Å². The Morgan fingerprint density at radius 3 is 2.50 bits per heavy atom.